The van der Waals surface area contributed by atoms with E-state index < -0.39 is 23.8 Å². The molecule has 0 bridgehead atoms. The Bertz CT molecular complexity index is 904. The number of nitrogens with one attached hydrogen (secondary N) is 1. The van der Waals surface area contributed by atoms with Gasteiger partial charge in [-0.15, -0.1) is 0 Å². The van der Waals surface area contributed by atoms with E-state index in [2.05, 4.69) is 5.32 Å². The maximum atomic E-state index is 13.5. The van der Waals surface area contributed by atoms with Crippen molar-refractivity contribution in [1.29, 1.82) is 0 Å². The lowest BCUT2D eigenvalue weighted by molar-refractivity contribution is -0.137. The average molecular weight is 359 g/mol. The largest absolute Gasteiger partial charge is 0.478 e. The minimum Gasteiger partial charge on any atom is -0.478 e. The van der Waals surface area contributed by atoms with Gasteiger partial charge in [-0.25, -0.2) is 4.79 Å². The van der Waals surface area contributed by atoms with E-state index in [1.165, 1.54) is 12.1 Å². The molecule has 0 unspecified atom stereocenters. The van der Waals surface area contributed by atoms with Crippen LogP contribution in [-0.4, -0.2) is 11.1 Å². The van der Waals surface area contributed by atoms with Crippen molar-refractivity contribution in [3.63, 3.8) is 0 Å². The van der Waals surface area contributed by atoms with Gasteiger partial charge in [0.15, 0.2) is 0 Å². The van der Waals surface area contributed by atoms with Crippen LogP contribution < -0.4 is 5.32 Å². The zero-order chi connectivity index (χ0) is 18.5. The minimum atomic E-state index is -4.48. The normalized spacial score (nSPS) is 23.9. The number of aromatic carboxylic acids is 1. The third-order valence-electron chi connectivity index (χ3n) is 5.23. The lowest BCUT2D eigenvalue weighted by atomic mass is 9.75. The summed E-state index contributed by atoms with van der Waals surface area (Å²) in [4.78, 5) is 11.6. The lowest BCUT2D eigenvalue weighted by Crippen LogP contribution is -2.31. The number of hydrogen-bond acceptors (Lipinski definition) is 2. The molecule has 26 heavy (non-hydrogen) atoms. The molecule has 3 nitrogen and oxygen atoms in total. The van der Waals surface area contributed by atoms with E-state index in [1.807, 2.05) is 12.2 Å². The van der Waals surface area contributed by atoms with Crippen molar-refractivity contribution in [2.24, 2.45) is 5.92 Å². The number of carboxylic acid groups (broad SMARTS) is 1. The first-order valence-electron chi connectivity index (χ1n) is 8.33. The third kappa shape index (κ3) is 2.57. The highest BCUT2D eigenvalue weighted by molar-refractivity contribution is 5.90. The van der Waals surface area contributed by atoms with Crippen LogP contribution in [0.2, 0.25) is 0 Å². The Morgan fingerprint density at radius 3 is 2.54 bits per heavy atom. The number of alkyl halides is 3. The Morgan fingerprint density at radius 2 is 1.81 bits per heavy atom. The van der Waals surface area contributed by atoms with Gasteiger partial charge in [-0.05, 0) is 35.6 Å². The fraction of sp³-hybridized carbons (Fsp3) is 0.250. The zero-order valence-corrected chi connectivity index (χ0v) is 13.6. The second-order valence-electron chi connectivity index (χ2n) is 6.64. The summed E-state index contributed by atoms with van der Waals surface area (Å²) < 4.78 is 40.5. The first kappa shape index (κ1) is 16.7. The highest BCUT2D eigenvalue weighted by Crippen LogP contribution is 2.52. The van der Waals surface area contributed by atoms with E-state index >= 15 is 0 Å². The van der Waals surface area contributed by atoms with Crippen LogP contribution in [0.1, 0.15) is 45.4 Å². The molecule has 0 saturated carbocycles. The van der Waals surface area contributed by atoms with Crippen LogP contribution in [0, 0.1) is 5.92 Å². The lowest BCUT2D eigenvalue weighted by Gasteiger charge is -2.39. The number of allylic oxidation sites excluding steroid dienone is 2. The van der Waals surface area contributed by atoms with E-state index in [4.69, 9.17) is 0 Å². The molecule has 2 aliphatic rings. The fourth-order valence-corrected chi connectivity index (χ4v) is 4.13. The summed E-state index contributed by atoms with van der Waals surface area (Å²) in [6.45, 7) is 0. The standard InChI is InChI=1S/C20H16F3NO2/c21-20(22,23)16-10-4-9-13-11-7-3-8-12(11)17(24-18(13)16)14-5-1-2-6-15(14)19(25)26/h1-7,9-12,17,24H,8H2,(H,25,26)/t11-,12+,17-/m1/s1. The van der Waals surface area contributed by atoms with Gasteiger partial charge >= 0.3 is 12.1 Å². The molecule has 0 spiro atoms. The van der Waals surface area contributed by atoms with Crippen molar-refractivity contribution in [2.45, 2.75) is 24.6 Å². The quantitative estimate of drug-likeness (QED) is 0.722. The number of hydrogen-bond donors (Lipinski definition) is 2. The third-order valence-corrected chi connectivity index (χ3v) is 5.23. The number of halogens is 3. The number of anilines is 1. The van der Waals surface area contributed by atoms with Crippen LogP contribution in [0.3, 0.4) is 0 Å². The number of carboxylic acids is 1. The van der Waals surface area contributed by atoms with Gasteiger partial charge in [-0.2, -0.15) is 13.2 Å². The molecule has 0 amide bonds. The van der Waals surface area contributed by atoms with Crippen LogP contribution in [0.4, 0.5) is 18.9 Å². The Morgan fingerprint density at radius 1 is 1.08 bits per heavy atom. The monoisotopic (exact) mass is 359 g/mol. The van der Waals surface area contributed by atoms with E-state index in [1.54, 1.807) is 24.3 Å². The summed E-state index contributed by atoms with van der Waals surface area (Å²) in [7, 11) is 0. The highest BCUT2D eigenvalue weighted by atomic mass is 19.4. The van der Waals surface area contributed by atoms with Crippen LogP contribution >= 0.6 is 0 Å². The number of para-hydroxylation sites is 1. The molecular formula is C20H16F3NO2. The van der Waals surface area contributed by atoms with E-state index in [0.29, 0.717) is 17.5 Å². The second-order valence-corrected chi connectivity index (χ2v) is 6.64. The van der Waals surface area contributed by atoms with E-state index in [0.717, 1.165) is 6.07 Å². The van der Waals surface area contributed by atoms with Crippen molar-refractivity contribution in [2.75, 3.05) is 5.32 Å². The molecule has 3 atom stereocenters. The van der Waals surface area contributed by atoms with Crippen LogP contribution in [-0.2, 0) is 6.18 Å². The van der Waals surface area contributed by atoms with Crippen molar-refractivity contribution >= 4 is 11.7 Å². The Balaban J connectivity index is 1.88. The molecule has 2 aromatic carbocycles. The van der Waals surface area contributed by atoms with Gasteiger partial charge in [-0.1, -0.05) is 42.5 Å². The molecule has 2 aromatic rings. The summed E-state index contributed by atoms with van der Waals surface area (Å²) in [6.07, 6.45) is 0.0972. The molecule has 6 heteroatoms. The maximum Gasteiger partial charge on any atom is 0.418 e. The van der Waals surface area contributed by atoms with Gasteiger partial charge in [0, 0.05) is 5.92 Å². The summed E-state index contributed by atoms with van der Waals surface area (Å²) in [5, 5.41) is 12.5. The maximum absolute atomic E-state index is 13.5. The van der Waals surface area contributed by atoms with Crippen molar-refractivity contribution in [1.82, 2.24) is 0 Å². The molecule has 1 aliphatic heterocycles. The molecule has 134 valence electrons. The van der Waals surface area contributed by atoms with Gasteiger partial charge in [0.05, 0.1) is 22.9 Å². The number of fused-ring (bicyclic) bond motifs is 3. The Labute approximate surface area is 148 Å². The topological polar surface area (TPSA) is 49.3 Å². The van der Waals surface area contributed by atoms with Crippen LogP contribution in [0.15, 0.2) is 54.6 Å². The highest BCUT2D eigenvalue weighted by Gasteiger charge is 2.43. The molecule has 4 rings (SSSR count). The fourth-order valence-electron chi connectivity index (χ4n) is 4.13. The summed E-state index contributed by atoms with van der Waals surface area (Å²) in [5.74, 6) is -1.27. The Hall–Kier alpha value is -2.76. The zero-order valence-electron chi connectivity index (χ0n) is 13.6. The molecular weight excluding hydrogens is 343 g/mol. The van der Waals surface area contributed by atoms with Crippen LogP contribution in [0.25, 0.3) is 0 Å². The number of rotatable bonds is 2. The predicted molar refractivity (Wildman–Crippen MR) is 91.2 cm³/mol. The van der Waals surface area contributed by atoms with Gasteiger partial charge in [0.1, 0.15) is 0 Å². The number of carbonyl (C=O) groups is 1. The SMILES string of the molecule is O=C(O)c1ccccc1[C@@H]1Nc2c(cccc2C(F)(F)F)[C@@H]2C=CC[C@@H]21. The van der Waals surface area contributed by atoms with Crippen LogP contribution in [0.5, 0.6) is 0 Å². The smallest absolute Gasteiger partial charge is 0.418 e. The minimum absolute atomic E-state index is 0.0218. The van der Waals surface area contributed by atoms with Gasteiger partial charge in [0.2, 0.25) is 0 Å². The van der Waals surface area contributed by atoms with Gasteiger partial charge in [-0.3, -0.25) is 0 Å². The average Bonchev–Trinajstić information content (AvgIpc) is 3.09. The summed E-state index contributed by atoms with van der Waals surface area (Å²) in [5.41, 5.74) is 0.581. The molecule has 1 aliphatic carbocycles. The summed E-state index contributed by atoms with van der Waals surface area (Å²) >= 11 is 0. The number of benzene rings is 2. The molecule has 0 aromatic heterocycles. The van der Waals surface area contributed by atoms with Gasteiger partial charge < -0.3 is 10.4 Å². The summed E-state index contributed by atoms with van der Waals surface area (Å²) in [6, 6.07) is 10.2. The molecule has 0 radical (unpaired) electrons. The Kier molecular flexibility index (Phi) is 3.79. The first-order chi connectivity index (χ1) is 12.4. The first-order valence-corrected chi connectivity index (χ1v) is 8.33. The van der Waals surface area contributed by atoms with E-state index in [-0.39, 0.29) is 23.1 Å². The van der Waals surface area contributed by atoms with Crippen molar-refractivity contribution < 1.29 is 23.1 Å². The van der Waals surface area contributed by atoms with Crippen molar-refractivity contribution in [3.8, 4) is 0 Å². The molecule has 1 heterocycles. The van der Waals surface area contributed by atoms with Crippen molar-refractivity contribution in [3.05, 3.63) is 76.9 Å². The second kappa shape index (κ2) is 5.90. The molecule has 0 saturated heterocycles. The van der Waals surface area contributed by atoms with E-state index in [9.17, 15) is 23.1 Å². The molecule has 2 N–H and O–H groups in total. The molecule has 0 fully saturated rings. The predicted octanol–water partition coefficient (Wildman–Crippen LogP) is 5.23. The van der Waals surface area contributed by atoms with Gasteiger partial charge in [0.25, 0.3) is 0 Å².